The Morgan fingerprint density at radius 1 is 1.10 bits per heavy atom. The van der Waals surface area contributed by atoms with Gasteiger partial charge < -0.3 is 0 Å². The summed E-state index contributed by atoms with van der Waals surface area (Å²) in [6.45, 7) is 3.71. The zero-order chi connectivity index (χ0) is 6.81. The molecule has 1 aliphatic carbocycles. The van der Waals surface area contributed by atoms with E-state index >= 15 is 0 Å². The van der Waals surface area contributed by atoms with E-state index in [1.165, 1.54) is 45.1 Å². The van der Waals surface area contributed by atoms with Crippen molar-refractivity contribution in [2.24, 2.45) is 0 Å². The van der Waals surface area contributed by atoms with Gasteiger partial charge >= 0.3 is 0 Å². The van der Waals surface area contributed by atoms with Crippen LogP contribution in [0.4, 0.5) is 0 Å². The number of nitrogens with zero attached hydrogens (tertiary/aromatic N) is 1. The van der Waals surface area contributed by atoms with Crippen LogP contribution in [-0.2, 0) is 0 Å². The summed E-state index contributed by atoms with van der Waals surface area (Å²) in [5, 5.41) is 0. The van der Waals surface area contributed by atoms with Gasteiger partial charge in [0.05, 0.1) is 0 Å². The van der Waals surface area contributed by atoms with Crippen LogP contribution in [0.3, 0.4) is 0 Å². The highest BCUT2D eigenvalue weighted by Crippen LogP contribution is 2.27. The topological polar surface area (TPSA) is 3.24 Å². The minimum Gasteiger partial charge on any atom is -0.296 e. The number of hydrogen-bond donors (Lipinski definition) is 0. The molecule has 2 fully saturated rings. The third-order valence-electron chi connectivity index (χ3n) is 2.79. The monoisotopic (exact) mass is 138 g/mol. The van der Waals surface area contributed by atoms with E-state index in [0.717, 1.165) is 6.04 Å². The molecule has 57 valence electrons. The van der Waals surface area contributed by atoms with Gasteiger partial charge in [-0.25, -0.2) is 0 Å². The Morgan fingerprint density at radius 2 is 1.80 bits per heavy atom. The predicted molar refractivity (Wildman–Crippen MR) is 42.5 cm³/mol. The van der Waals surface area contributed by atoms with Crippen molar-refractivity contribution in [1.29, 1.82) is 0 Å². The molecule has 1 saturated carbocycles. The SMILES string of the molecule is [CH]1CCN1C1CCCCC1. The molecule has 0 bridgehead atoms. The van der Waals surface area contributed by atoms with Crippen LogP contribution in [0.1, 0.15) is 38.5 Å². The highest BCUT2D eigenvalue weighted by Gasteiger charge is 2.25. The number of likely N-dealkylation sites (tertiary alicyclic amines) is 1. The molecule has 1 radical (unpaired) electrons. The Hall–Kier alpha value is -0.0400. The third-order valence-corrected chi connectivity index (χ3v) is 2.79. The molecule has 0 atom stereocenters. The summed E-state index contributed by atoms with van der Waals surface area (Å²) in [4.78, 5) is 2.54. The van der Waals surface area contributed by atoms with Gasteiger partial charge in [0.25, 0.3) is 0 Å². The first-order valence-corrected chi connectivity index (χ1v) is 4.56. The lowest BCUT2D eigenvalue weighted by Crippen LogP contribution is -2.42. The quantitative estimate of drug-likeness (QED) is 0.537. The van der Waals surface area contributed by atoms with Crippen molar-refractivity contribution in [3.8, 4) is 0 Å². The summed E-state index contributed by atoms with van der Waals surface area (Å²) in [5.74, 6) is 0. The Labute approximate surface area is 63.4 Å². The van der Waals surface area contributed by atoms with E-state index < -0.39 is 0 Å². The molecule has 1 heteroatoms. The third kappa shape index (κ3) is 1.20. The zero-order valence-electron chi connectivity index (χ0n) is 6.55. The molecule has 1 nitrogen and oxygen atoms in total. The summed E-state index contributed by atoms with van der Waals surface area (Å²) in [7, 11) is 0. The lowest BCUT2D eigenvalue weighted by atomic mass is 9.92. The average Bonchev–Trinajstić information content (AvgIpc) is 1.86. The predicted octanol–water partition coefficient (Wildman–Crippen LogP) is 2.19. The van der Waals surface area contributed by atoms with Crippen LogP contribution in [0.15, 0.2) is 0 Å². The van der Waals surface area contributed by atoms with Crippen LogP contribution < -0.4 is 0 Å². The molecule has 1 heterocycles. The molecule has 0 spiro atoms. The lowest BCUT2D eigenvalue weighted by molar-refractivity contribution is 0.137. The van der Waals surface area contributed by atoms with Crippen molar-refractivity contribution in [2.45, 2.75) is 44.6 Å². The Balaban J connectivity index is 1.78. The second-order valence-corrected chi connectivity index (χ2v) is 3.50. The van der Waals surface area contributed by atoms with Gasteiger partial charge in [-0.15, -0.1) is 0 Å². The van der Waals surface area contributed by atoms with Crippen LogP contribution >= 0.6 is 0 Å². The molecule has 1 aliphatic heterocycles. The minimum atomic E-state index is 0.933. The van der Waals surface area contributed by atoms with E-state index in [0.29, 0.717) is 0 Å². The molecule has 1 saturated heterocycles. The van der Waals surface area contributed by atoms with E-state index in [1.807, 2.05) is 0 Å². The molecule has 0 aromatic rings. The van der Waals surface area contributed by atoms with Crippen LogP contribution in [-0.4, -0.2) is 17.5 Å². The first-order valence-electron chi connectivity index (χ1n) is 4.56. The van der Waals surface area contributed by atoms with E-state index in [-0.39, 0.29) is 0 Å². The van der Waals surface area contributed by atoms with Crippen LogP contribution in [0.5, 0.6) is 0 Å². The standard InChI is InChI=1S/C9H16N/c1-2-5-9(6-3-1)10-7-4-8-10/h7,9H,1-6,8H2. The van der Waals surface area contributed by atoms with E-state index in [9.17, 15) is 0 Å². The fourth-order valence-corrected chi connectivity index (χ4v) is 2.02. The average molecular weight is 138 g/mol. The molecule has 0 aromatic carbocycles. The smallest absolute Gasteiger partial charge is 0.0267 e. The van der Waals surface area contributed by atoms with Crippen molar-refractivity contribution >= 4 is 0 Å². The minimum absolute atomic E-state index is 0.933. The summed E-state index contributed by atoms with van der Waals surface area (Å²) in [6.07, 6.45) is 8.65. The maximum Gasteiger partial charge on any atom is 0.0267 e. The summed E-state index contributed by atoms with van der Waals surface area (Å²) in [5.41, 5.74) is 0. The Bertz CT molecular complexity index is 101. The second kappa shape index (κ2) is 2.91. The molecular weight excluding hydrogens is 122 g/mol. The number of rotatable bonds is 1. The molecule has 0 N–H and O–H groups in total. The maximum absolute atomic E-state index is 2.54. The van der Waals surface area contributed by atoms with Gasteiger partial charge in [-0.3, -0.25) is 4.90 Å². The molecule has 2 aliphatic rings. The van der Waals surface area contributed by atoms with Gasteiger partial charge in [0, 0.05) is 19.1 Å². The summed E-state index contributed by atoms with van der Waals surface area (Å²) < 4.78 is 0. The van der Waals surface area contributed by atoms with Crippen molar-refractivity contribution in [3.05, 3.63) is 6.54 Å². The van der Waals surface area contributed by atoms with E-state index in [1.54, 1.807) is 0 Å². The van der Waals surface area contributed by atoms with Crippen molar-refractivity contribution < 1.29 is 0 Å². The Kier molecular flexibility index (Phi) is 1.94. The number of hydrogen-bond acceptors (Lipinski definition) is 1. The first kappa shape index (κ1) is 6.66. The summed E-state index contributed by atoms with van der Waals surface area (Å²) in [6, 6.07) is 0.933. The molecular formula is C9H16N. The van der Waals surface area contributed by atoms with Gasteiger partial charge in [-0.1, -0.05) is 19.3 Å². The largest absolute Gasteiger partial charge is 0.296 e. The van der Waals surface area contributed by atoms with Crippen LogP contribution in [0.2, 0.25) is 0 Å². The van der Waals surface area contributed by atoms with Gasteiger partial charge in [0.15, 0.2) is 0 Å². The van der Waals surface area contributed by atoms with Crippen molar-refractivity contribution in [2.75, 3.05) is 6.54 Å². The van der Waals surface area contributed by atoms with Crippen LogP contribution in [0, 0.1) is 6.54 Å². The normalized spacial score (nSPS) is 30.0. The van der Waals surface area contributed by atoms with Gasteiger partial charge in [0.1, 0.15) is 0 Å². The van der Waals surface area contributed by atoms with Gasteiger partial charge in [-0.05, 0) is 19.3 Å². The highest BCUT2D eigenvalue weighted by molar-refractivity contribution is 4.88. The van der Waals surface area contributed by atoms with Crippen molar-refractivity contribution in [3.63, 3.8) is 0 Å². The molecule has 10 heavy (non-hydrogen) atoms. The Morgan fingerprint density at radius 3 is 2.30 bits per heavy atom. The van der Waals surface area contributed by atoms with E-state index in [4.69, 9.17) is 0 Å². The van der Waals surface area contributed by atoms with Gasteiger partial charge in [0.2, 0.25) is 0 Å². The molecule has 0 aromatic heterocycles. The van der Waals surface area contributed by atoms with Crippen LogP contribution in [0.25, 0.3) is 0 Å². The molecule has 0 amide bonds. The lowest BCUT2D eigenvalue weighted by Gasteiger charge is -2.39. The summed E-state index contributed by atoms with van der Waals surface area (Å²) >= 11 is 0. The first-order chi connectivity index (χ1) is 4.97. The maximum atomic E-state index is 2.54. The van der Waals surface area contributed by atoms with Crippen molar-refractivity contribution in [1.82, 2.24) is 4.90 Å². The van der Waals surface area contributed by atoms with Gasteiger partial charge in [-0.2, -0.15) is 0 Å². The fourth-order valence-electron chi connectivity index (χ4n) is 2.02. The zero-order valence-corrected chi connectivity index (χ0v) is 6.55. The second-order valence-electron chi connectivity index (χ2n) is 3.50. The molecule has 2 rings (SSSR count). The fraction of sp³-hybridized carbons (Fsp3) is 0.889. The molecule has 0 unspecified atom stereocenters. The van der Waals surface area contributed by atoms with E-state index in [2.05, 4.69) is 11.4 Å². The highest BCUT2D eigenvalue weighted by atomic mass is 15.2.